The van der Waals surface area contributed by atoms with Crippen LogP contribution in [0.3, 0.4) is 0 Å². The molecule has 1 unspecified atom stereocenters. The standard InChI is InChI=1S/C13H17F3N2O2/c1-13(2,3)10(19)6-17-12(20)18-11-8(15)4-7(14)5-9(11)16/h4-5,10,19H,6H2,1-3H3,(H2,17,18,20). The van der Waals surface area contributed by atoms with E-state index >= 15 is 0 Å². The SMILES string of the molecule is CC(C)(C)C(O)CNC(=O)Nc1c(F)cc(F)cc1F. The zero-order chi connectivity index (χ0) is 15.5. The first-order valence-electron chi connectivity index (χ1n) is 5.98. The van der Waals surface area contributed by atoms with Gasteiger partial charge in [0.2, 0.25) is 0 Å². The van der Waals surface area contributed by atoms with E-state index in [4.69, 9.17) is 0 Å². The maximum absolute atomic E-state index is 13.3. The number of anilines is 1. The number of aliphatic hydroxyl groups is 1. The fourth-order valence-corrected chi connectivity index (χ4v) is 1.31. The summed E-state index contributed by atoms with van der Waals surface area (Å²) in [5, 5.41) is 13.9. The van der Waals surface area contributed by atoms with Crippen LogP contribution in [0.1, 0.15) is 20.8 Å². The largest absolute Gasteiger partial charge is 0.391 e. The Morgan fingerprint density at radius 2 is 1.75 bits per heavy atom. The van der Waals surface area contributed by atoms with Gasteiger partial charge in [0.1, 0.15) is 11.5 Å². The summed E-state index contributed by atoms with van der Waals surface area (Å²) in [6.45, 7) is 5.24. The Kier molecular flexibility index (Phi) is 4.99. The predicted octanol–water partition coefficient (Wildman–Crippen LogP) is 2.63. The number of hydrogen-bond acceptors (Lipinski definition) is 2. The number of urea groups is 1. The number of rotatable bonds is 3. The Morgan fingerprint density at radius 3 is 2.20 bits per heavy atom. The summed E-state index contributed by atoms with van der Waals surface area (Å²) in [5.41, 5.74) is -1.19. The van der Waals surface area contributed by atoms with Crippen molar-refractivity contribution in [1.82, 2.24) is 5.32 Å². The molecular formula is C13H17F3N2O2. The molecule has 0 spiro atoms. The van der Waals surface area contributed by atoms with Crippen molar-refractivity contribution >= 4 is 11.7 Å². The molecule has 1 aromatic rings. The minimum atomic E-state index is -1.21. The van der Waals surface area contributed by atoms with Gasteiger partial charge in [0.15, 0.2) is 11.6 Å². The van der Waals surface area contributed by atoms with Gasteiger partial charge in [-0.1, -0.05) is 20.8 Å². The van der Waals surface area contributed by atoms with Gasteiger partial charge in [-0.25, -0.2) is 18.0 Å². The molecule has 0 radical (unpaired) electrons. The minimum Gasteiger partial charge on any atom is -0.391 e. The third-order valence-corrected chi connectivity index (χ3v) is 2.70. The molecule has 112 valence electrons. The number of amides is 2. The van der Waals surface area contributed by atoms with Gasteiger partial charge in [-0.05, 0) is 5.41 Å². The molecule has 7 heteroatoms. The molecule has 0 saturated heterocycles. The number of hydrogen-bond donors (Lipinski definition) is 3. The first-order valence-corrected chi connectivity index (χ1v) is 5.98. The molecule has 1 rings (SSSR count). The molecule has 1 aromatic carbocycles. The molecule has 0 saturated carbocycles. The molecule has 0 aliphatic carbocycles. The highest BCUT2D eigenvalue weighted by Crippen LogP contribution is 2.20. The molecule has 0 fully saturated rings. The van der Waals surface area contributed by atoms with Crippen LogP contribution >= 0.6 is 0 Å². The Hall–Kier alpha value is -1.76. The van der Waals surface area contributed by atoms with Gasteiger partial charge < -0.3 is 15.7 Å². The second-order valence-electron chi connectivity index (χ2n) is 5.46. The Morgan fingerprint density at radius 1 is 1.25 bits per heavy atom. The molecule has 0 bridgehead atoms. The molecule has 0 aromatic heterocycles. The Labute approximate surface area is 115 Å². The van der Waals surface area contributed by atoms with Crippen LogP contribution in [0.4, 0.5) is 23.7 Å². The minimum absolute atomic E-state index is 0.0836. The third-order valence-electron chi connectivity index (χ3n) is 2.70. The van der Waals surface area contributed by atoms with Crippen LogP contribution in [0, 0.1) is 22.9 Å². The monoisotopic (exact) mass is 290 g/mol. The topological polar surface area (TPSA) is 61.4 Å². The van der Waals surface area contributed by atoms with Gasteiger partial charge in [0.05, 0.1) is 6.10 Å². The van der Waals surface area contributed by atoms with Gasteiger partial charge in [0.25, 0.3) is 0 Å². The van der Waals surface area contributed by atoms with Crippen LogP contribution in [0.2, 0.25) is 0 Å². The second kappa shape index (κ2) is 6.13. The van der Waals surface area contributed by atoms with E-state index in [2.05, 4.69) is 5.32 Å². The zero-order valence-corrected chi connectivity index (χ0v) is 11.4. The fraction of sp³-hybridized carbons (Fsp3) is 0.462. The average molecular weight is 290 g/mol. The quantitative estimate of drug-likeness (QED) is 0.801. The van der Waals surface area contributed by atoms with Crippen molar-refractivity contribution in [2.24, 2.45) is 5.41 Å². The first-order chi connectivity index (χ1) is 9.11. The van der Waals surface area contributed by atoms with E-state index in [1.807, 2.05) is 5.32 Å². The smallest absolute Gasteiger partial charge is 0.319 e. The normalized spacial score (nSPS) is 12.9. The van der Waals surface area contributed by atoms with Crippen molar-refractivity contribution in [2.45, 2.75) is 26.9 Å². The lowest BCUT2D eigenvalue weighted by atomic mass is 9.89. The second-order valence-corrected chi connectivity index (χ2v) is 5.46. The number of carbonyl (C=O) groups excluding carboxylic acids is 1. The highest BCUT2D eigenvalue weighted by molar-refractivity contribution is 5.89. The molecule has 20 heavy (non-hydrogen) atoms. The highest BCUT2D eigenvalue weighted by atomic mass is 19.1. The van der Waals surface area contributed by atoms with E-state index in [-0.39, 0.29) is 6.54 Å². The summed E-state index contributed by atoms with van der Waals surface area (Å²) in [4.78, 5) is 11.5. The number of nitrogens with one attached hydrogen (secondary N) is 2. The molecule has 3 N–H and O–H groups in total. The summed E-state index contributed by atoms with van der Waals surface area (Å²) in [5.74, 6) is -3.50. The maximum atomic E-state index is 13.3. The predicted molar refractivity (Wildman–Crippen MR) is 68.8 cm³/mol. The van der Waals surface area contributed by atoms with E-state index in [0.29, 0.717) is 12.1 Å². The average Bonchev–Trinajstić information content (AvgIpc) is 2.29. The van der Waals surface area contributed by atoms with E-state index in [1.54, 1.807) is 20.8 Å². The van der Waals surface area contributed by atoms with Crippen LogP contribution in [0.15, 0.2) is 12.1 Å². The van der Waals surface area contributed by atoms with Crippen molar-refractivity contribution in [3.05, 3.63) is 29.6 Å². The fourth-order valence-electron chi connectivity index (χ4n) is 1.31. The highest BCUT2D eigenvalue weighted by Gasteiger charge is 2.22. The van der Waals surface area contributed by atoms with Crippen molar-refractivity contribution in [2.75, 3.05) is 11.9 Å². The van der Waals surface area contributed by atoms with Gasteiger partial charge >= 0.3 is 6.03 Å². The molecule has 2 amide bonds. The molecular weight excluding hydrogens is 273 g/mol. The van der Waals surface area contributed by atoms with Crippen molar-refractivity contribution in [3.8, 4) is 0 Å². The summed E-state index contributed by atoms with van der Waals surface area (Å²) in [6, 6.07) is 0.0310. The number of aliphatic hydroxyl groups excluding tert-OH is 1. The lowest BCUT2D eigenvalue weighted by molar-refractivity contribution is 0.0654. The Bertz CT molecular complexity index is 478. The summed E-state index contributed by atoms with van der Waals surface area (Å²) < 4.78 is 39.3. The maximum Gasteiger partial charge on any atom is 0.319 e. The molecule has 0 heterocycles. The zero-order valence-electron chi connectivity index (χ0n) is 11.4. The van der Waals surface area contributed by atoms with Gasteiger partial charge in [-0.15, -0.1) is 0 Å². The van der Waals surface area contributed by atoms with E-state index in [1.165, 1.54) is 0 Å². The summed E-state index contributed by atoms with van der Waals surface area (Å²) in [6.07, 6.45) is -0.823. The molecule has 1 atom stereocenters. The van der Waals surface area contributed by atoms with Crippen LogP contribution < -0.4 is 10.6 Å². The summed E-state index contributed by atoms with van der Waals surface area (Å²) >= 11 is 0. The van der Waals surface area contributed by atoms with Gasteiger partial charge in [0, 0.05) is 18.7 Å². The molecule has 0 aliphatic rings. The van der Waals surface area contributed by atoms with Gasteiger partial charge in [-0.3, -0.25) is 0 Å². The lowest BCUT2D eigenvalue weighted by Crippen LogP contribution is -2.41. The molecule has 4 nitrogen and oxygen atoms in total. The van der Waals surface area contributed by atoms with E-state index < -0.39 is 40.7 Å². The van der Waals surface area contributed by atoms with Crippen molar-refractivity contribution < 1.29 is 23.1 Å². The van der Waals surface area contributed by atoms with Crippen LogP contribution in [-0.2, 0) is 0 Å². The molecule has 0 aliphatic heterocycles. The third kappa shape index (κ3) is 4.41. The van der Waals surface area contributed by atoms with Crippen LogP contribution in [-0.4, -0.2) is 23.8 Å². The van der Waals surface area contributed by atoms with E-state index in [9.17, 15) is 23.1 Å². The van der Waals surface area contributed by atoms with Crippen LogP contribution in [0.5, 0.6) is 0 Å². The first kappa shape index (κ1) is 16.3. The number of halogens is 3. The lowest BCUT2D eigenvalue weighted by Gasteiger charge is -2.25. The van der Waals surface area contributed by atoms with E-state index in [0.717, 1.165) is 0 Å². The van der Waals surface area contributed by atoms with Crippen molar-refractivity contribution in [3.63, 3.8) is 0 Å². The van der Waals surface area contributed by atoms with Crippen molar-refractivity contribution in [1.29, 1.82) is 0 Å². The summed E-state index contributed by atoms with van der Waals surface area (Å²) in [7, 11) is 0. The Balaban J connectivity index is 2.64. The number of benzene rings is 1. The van der Waals surface area contributed by atoms with Crippen LogP contribution in [0.25, 0.3) is 0 Å². The van der Waals surface area contributed by atoms with Gasteiger partial charge in [-0.2, -0.15) is 0 Å². The number of carbonyl (C=O) groups is 1.